The number of rotatable bonds is 4. The molecule has 1 heterocycles. The first-order valence-electron chi connectivity index (χ1n) is 4.74. The van der Waals surface area contributed by atoms with E-state index in [1.165, 1.54) is 6.07 Å². The Kier molecular flexibility index (Phi) is 5.71. The van der Waals surface area contributed by atoms with Crippen LogP contribution in [0.25, 0.3) is 0 Å². The Balaban J connectivity index is 2.99. The summed E-state index contributed by atoms with van der Waals surface area (Å²) in [5.74, 6) is -0.472. The largest absolute Gasteiger partial charge is 0.466 e. The van der Waals surface area contributed by atoms with E-state index in [-0.39, 0.29) is 23.2 Å². The Labute approximate surface area is 119 Å². The minimum Gasteiger partial charge on any atom is -0.466 e. The molecule has 1 aromatic heterocycles. The molecule has 0 amide bonds. The number of hydrogen-bond acceptors (Lipinski definition) is 3. The number of alkyl halides is 2. The van der Waals surface area contributed by atoms with Crippen LogP contribution >= 0.6 is 38.5 Å². The number of aromatic nitrogens is 1. The summed E-state index contributed by atoms with van der Waals surface area (Å²) in [6.45, 7) is 1.94. The summed E-state index contributed by atoms with van der Waals surface area (Å²) in [6, 6.07) is 1.52. The molecule has 0 unspecified atom stereocenters. The average molecular weight is 420 g/mol. The molecule has 3 nitrogen and oxygen atoms in total. The molecule has 94 valence electrons. The van der Waals surface area contributed by atoms with Crippen molar-refractivity contribution >= 4 is 44.5 Å². The lowest BCUT2D eigenvalue weighted by atomic mass is 10.2. The number of carbonyl (C=O) groups is 1. The van der Waals surface area contributed by atoms with E-state index in [1.807, 2.05) is 22.6 Å². The predicted octanol–water partition coefficient (Wildman–Crippen LogP) is 3.49. The molecular weight excluding hydrogens is 411 g/mol. The Morgan fingerprint density at radius 2 is 2.29 bits per heavy atom. The molecule has 0 aliphatic heterocycles. The highest BCUT2D eigenvalue weighted by molar-refractivity contribution is 14.1. The quantitative estimate of drug-likeness (QED) is 0.554. The molecule has 0 spiro atoms. The Morgan fingerprint density at radius 1 is 1.65 bits per heavy atom. The summed E-state index contributed by atoms with van der Waals surface area (Å²) in [5, 5.41) is 0. The van der Waals surface area contributed by atoms with Gasteiger partial charge in [0.1, 0.15) is 5.69 Å². The standard InChI is InChI=1S/C10H9BrF2INO2/c1-2-17-8(16)4-7-6(14)3-5(11)9(15-7)10(12)13/h3,10H,2,4H2,1H3. The van der Waals surface area contributed by atoms with Crippen LogP contribution in [0.4, 0.5) is 8.78 Å². The molecule has 1 rings (SSSR count). The lowest BCUT2D eigenvalue weighted by Gasteiger charge is -2.08. The van der Waals surface area contributed by atoms with Crippen molar-refractivity contribution in [1.82, 2.24) is 4.98 Å². The maximum absolute atomic E-state index is 12.6. The van der Waals surface area contributed by atoms with E-state index in [2.05, 4.69) is 20.9 Å². The van der Waals surface area contributed by atoms with Crippen LogP contribution in [0.3, 0.4) is 0 Å². The molecule has 1 aromatic rings. The monoisotopic (exact) mass is 419 g/mol. The van der Waals surface area contributed by atoms with Gasteiger partial charge in [0.15, 0.2) is 0 Å². The van der Waals surface area contributed by atoms with E-state index in [0.717, 1.165) is 0 Å². The van der Waals surface area contributed by atoms with Crippen molar-refractivity contribution in [2.45, 2.75) is 19.8 Å². The maximum Gasteiger partial charge on any atom is 0.311 e. The Hall–Kier alpha value is -0.310. The van der Waals surface area contributed by atoms with Gasteiger partial charge in [-0.25, -0.2) is 13.8 Å². The molecule has 0 radical (unpaired) electrons. The number of nitrogens with zero attached hydrogens (tertiary/aromatic N) is 1. The van der Waals surface area contributed by atoms with E-state index >= 15 is 0 Å². The second-order valence-electron chi connectivity index (χ2n) is 3.07. The van der Waals surface area contributed by atoms with Gasteiger partial charge in [0, 0.05) is 8.04 Å². The summed E-state index contributed by atoms with van der Waals surface area (Å²) in [4.78, 5) is 15.1. The van der Waals surface area contributed by atoms with Crippen LogP contribution < -0.4 is 0 Å². The molecular formula is C10H9BrF2INO2. The highest BCUT2D eigenvalue weighted by Crippen LogP contribution is 2.28. The molecule has 0 saturated heterocycles. The van der Waals surface area contributed by atoms with Crippen molar-refractivity contribution in [3.05, 3.63) is 25.5 Å². The smallest absolute Gasteiger partial charge is 0.311 e. The van der Waals surface area contributed by atoms with Crippen molar-refractivity contribution < 1.29 is 18.3 Å². The van der Waals surface area contributed by atoms with Gasteiger partial charge in [0.05, 0.1) is 18.7 Å². The zero-order chi connectivity index (χ0) is 13.0. The summed E-state index contributed by atoms with van der Waals surface area (Å²) < 4.78 is 30.9. The molecule has 7 heteroatoms. The second kappa shape index (κ2) is 6.58. The molecule has 0 saturated carbocycles. The number of ether oxygens (including phenoxy) is 1. The van der Waals surface area contributed by atoms with E-state index in [1.54, 1.807) is 6.92 Å². The predicted molar refractivity (Wildman–Crippen MR) is 69.9 cm³/mol. The maximum atomic E-state index is 12.6. The number of halogens is 4. The molecule has 0 aliphatic carbocycles. The fraction of sp³-hybridized carbons (Fsp3) is 0.400. The van der Waals surface area contributed by atoms with Crippen molar-refractivity contribution in [2.24, 2.45) is 0 Å². The van der Waals surface area contributed by atoms with Crippen molar-refractivity contribution in [2.75, 3.05) is 6.61 Å². The fourth-order valence-electron chi connectivity index (χ4n) is 1.15. The SMILES string of the molecule is CCOC(=O)Cc1nc(C(F)F)c(Br)cc1I. The number of pyridine rings is 1. The Bertz CT molecular complexity index is 429. The van der Waals surface area contributed by atoms with Gasteiger partial charge in [-0.15, -0.1) is 0 Å². The highest BCUT2D eigenvalue weighted by atomic mass is 127. The van der Waals surface area contributed by atoms with E-state index < -0.39 is 12.4 Å². The minimum atomic E-state index is -2.68. The molecule has 0 N–H and O–H groups in total. The van der Waals surface area contributed by atoms with Crippen LogP contribution in [0.1, 0.15) is 24.7 Å². The second-order valence-corrected chi connectivity index (χ2v) is 5.08. The van der Waals surface area contributed by atoms with Crippen molar-refractivity contribution in [1.29, 1.82) is 0 Å². The van der Waals surface area contributed by atoms with Gasteiger partial charge in [0.25, 0.3) is 6.43 Å². The minimum absolute atomic E-state index is 0.0981. The first kappa shape index (κ1) is 14.7. The van der Waals surface area contributed by atoms with Gasteiger partial charge in [-0.2, -0.15) is 0 Å². The van der Waals surface area contributed by atoms with Gasteiger partial charge in [-0.1, -0.05) is 0 Å². The zero-order valence-electron chi connectivity index (χ0n) is 8.84. The topological polar surface area (TPSA) is 39.2 Å². The Morgan fingerprint density at radius 3 is 2.82 bits per heavy atom. The van der Waals surface area contributed by atoms with Crippen LogP contribution in [0.5, 0.6) is 0 Å². The lowest BCUT2D eigenvalue weighted by Crippen LogP contribution is -2.11. The summed E-state index contributed by atoms with van der Waals surface area (Å²) in [7, 11) is 0. The van der Waals surface area contributed by atoms with E-state index in [4.69, 9.17) is 4.74 Å². The molecule has 0 bridgehead atoms. The number of hydrogen-bond donors (Lipinski definition) is 0. The van der Waals surface area contributed by atoms with Crippen LogP contribution in [0.2, 0.25) is 0 Å². The van der Waals surface area contributed by atoms with Gasteiger partial charge < -0.3 is 4.74 Å². The van der Waals surface area contributed by atoms with Gasteiger partial charge in [-0.05, 0) is 51.5 Å². The van der Waals surface area contributed by atoms with Gasteiger partial charge in [-0.3, -0.25) is 4.79 Å². The van der Waals surface area contributed by atoms with Gasteiger partial charge in [0.2, 0.25) is 0 Å². The summed E-state index contributed by atoms with van der Waals surface area (Å²) in [6.07, 6.45) is -2.78. The first-order chi connectivity index (χ1) is 7.95. The van der Waals surface area contributed by atoms with Crippen molar-refractivity contribution in [3.63, 3.8) is 0 Å². The molecule has 0 aliphatic rings. The summed E-state index contributed by atoms with van der Waals surface area (Å²) in [5.41, 5.74) is -0.0488. The molecule has 0 fully saturated rings. The number of carbonyl (C=O) groups excluding carboxylic acids is 1. The van der Waals surface area contributed by atoms with Crippen molar-refractivity contribution in [3.8, 4) is 0 Å². The molecule has 17 heavy (non-hydrogen) atoms. The van der Waals surface area contributed by atoms with Crippen LogP contribution in [0.15, 0.2) is 10.5 Å². The highest BCUT2D eigenvalue weighted by Gasteiger charge is 2.18. The van der Waals surface area contributed by atoms with Crippen LogP contribution in [0, 0.1) is 3.57 Å². The third-order valence-corrected chi connectivity index (χ3v) is 3.42. The lowest BCUT2D eigenvalue weighted by molar-refractivity contribution is -0.142. The van der Waals surface area contributed by atoms with Crippen LogP contribution in [-0.4, -0.2) is 17.6 Å². The molecule has 0 atom stereocenters. The van der Waals surface area contributed by atoms with E-state index in [9.17, 15) is 13.6 Å². The fourth-order valence-corrected chi connectivity index (χ4v) is 2.69. The first-order valence-corrected chi connectivity index (χ1v) is 6.61. The summed E-state index contributed by atoms with van der Waals surface area (Å²) >= 11 is 4.96. The molecule has 0 aromatic carbocycles. The third kappa shape index (κ3) is 4.13. The normalized spacial score (nSPS) is 10.7. The van der Waals surface area contributed by atoms with E-state index in [0.29, 0.717) is 9.26 Å². The zero-order valence-corrected chi connectivity index (χ0v) is 12.6. The number of esters is 1. The average Bonchev–Trinajstić information content (AvgIpc) is 2.21. The van der Waals surface area contributed by atoms with Gasteiger partial charge >= 0.3 is 5.97 Å². The van der Waals surface area contributed by atoms with Crippen LogP contribution in [-0.2, 0) is 16.0 Å². The third-order valence-electron chi connectivity index (χ3n) is 1.85.